The van der Waals surface area contributed by atoms with Gasteiger partial charge in [-0.3, -0.25) is 0 Å². The molecule has 0 saturated carbocycles. The number of nitrogens with two attached hydrogens (primary N) is 1. The van der Waals surface area contributed by atoms with Crippen LogP contribution in [0.5, 0.6) is 0 Å². The molecule has 2 rings (SSSR count). The molecule has 0 aromatic heterocycles. The Morgan fingerprint density at radius 2 is 2.17 bits per heavy atom. The first-order chi connectivity index (χ1) is 8.72. The molecule has 0 unspecified atom stereocenters. The highest BCUT2D eigenvalue weighted by Crippen LogP contribution is 2.28. The van der Waals surface area contributed by atoms with Gasteiger partial charge in [0, 0.05) is 19.3 Å². The largest absolute Gasteiger partial charge is 0.465 e. The Balaban J connectivity index is 2.14. The zero-order valence-corrected chi connectivity index (χ0v) is 10.6. The zero-order chi connectivity index (χ0) is 13.0. The monoisotopic (exact) mass is 249 g/mol. The highest BCUT2D eigenvalue weighted by atomic mass is 16.5. The van der Waals surface area contributed by atoms with Crippen molar-refractivity contribution in [1.29, 1.82) is 0 Å². The molecule has 0 aliphatic carbocycles. The Morgan fingerprint density at radius 1 is 1.44 bits per heavy atom. The molecule has 1 aliphatic heterocycles. The van der Waals surface area contributed by atoms with E-state index >= 15 is 0 Å². The molecule has 4 heteroatoms. The van der Waals surface area contributed by atoms with Crippen LogP contribution < -0.4 is 5.73 Å². The Kier molecular flexibility index (Phi) is 4.33. The topological polar surface area (TPSA) is 61.5 Å². The summed E-state index contributed by atoms with van der Waals surface area (Å²) in [7, 11) is 1.38. The van der Waals surface area contributed by atoms with Crippen molar-refractivity contribution in [3.05, 3.63) is 35.4 Å². The Labute approximate surface area is 107 Å². The molecule has 1 aliphatic rings. The summed E-state index contributed by atoms with van der Waals surface area (Å²) in [5.74, 6) is 0.0997. The molecule has 2 N–H and O–H groups in total. The molecule has 4 nitrogen and oxygen atoms in total. The quantitative estimate of drug-likeness (QED) is 0.831. The number of esters is 1. The maximum absolute atomic E-state index is 11.5. The molecule has 1 aromatic carbocycles. The van der Waals surface area contributed by atoms with Crippen molar-refractivity contribution in [2.45, 2.75) is 18.9 Å². The molecule has 1 aromatic rings. The zero-order valence-electron chi connectivity index (χ0n) is 10.6. The lowest BCUT2D eigenvalue weighted by atomic mass is 9.87. The number of carbonyl (C=O) groups excluding carboxylic acids is 1. The van der Waals surface area contributed by atoms with Gasteiger partial charge in [-0.2, -0.15) is 0 Å². The number of methoxy groups -OCH3 is 1. The standard InChI is InChI=1S/C14H19NO3/c1-17-14(16)12-4-2-3-11(9-12)13(15)10-5-7-18-8-6-10/h2-4,9-10,13H,5-8,15H2,1H3/t13-/m1/s1. The first-order valence-corrected chi connectivity index (χ1v) is 6.24. The molecule has 18 heavy (non-hydrogen) atoms. The lowest BCUT2D eigenvalue weighted by molar-refractivity contribution is 0.0578. The third-order valence-corrected chi connectivity index (χ3v) is 3.47. The van der Waals surface area contributed by atoms with Crippen LogP contribution in [0.15, 0.2) is 24.3 Å². The molecule has 1 heterocycles. The van der Waals surface area contributed by atoms with E-state index in [0.717, 1.165) is 31.6 Å². The SMILES string of the molecule is COC(=O)c1cccc([C@H](N)C2CCOCC2)c1. The average Bonchev–Trinajstić information content (AvgIpc) is 2.46. The van der Waals surface area contributed by atoms with Crippen molar-refractivity contribution in [2.24, 2.45) is 11.7 Å². The van der Waals surface area contributed by atoms with Gasteiger partial charge in [-0.1, -0.05) is 12.1 Å². The maximum atomic E-state index is 11.5. The van der Waals surface area contributed by atoms with Crippen LogP contribution in [0.25, 0.3) is 0 Å². The normalized spacial score (nSPS) is 18.3. The summed E-state index contributed by atoms with van der Waals surface area (Å²) in [4.78, 5) is 11.5. The number of benzene rings is 1. The van der Waals surface area contributed by atoms with E-state index in [9.17, 15) is 4.79 Å². The van der Waals surface area contributed by atoms with Gasteiger partial charge in [0.2, 0.25) is 0 Å². The average molecular weight is 249 g/mol. The summed E-state index contributed by atoms with van der Waals surface area (Å²) in [5.41, 5.74) is 7.82. The van der Waals surface area contributed by atoms with E-state index in [1.54, 1.807) is 6.07 Å². The van der Waals surface area contributed by atoms with E-state index in [0.29, 0.717) is 11.5 Å². The number of hydrogen-bond donors (Lipinski definition) is 1. The van der Waals surface area contributed by atoms with Gasteiger partial charge >= 0.3 is 5.97 Å². The van der Waals surface area contributed by atoms with Gasteiger partial charge in [0.05, 0.1) is 12.7 Å². The molecule has 0 amide bonds. The van der Waals surface area contributed by atoms with Crippen LogP contribution in [-0.2, 0) is 9.47 Å². The van der Waals surface area contributed by atoms with Crippen LogP contribution in [0.4, 0.5) is 0 Å². The van der Waals surface area contributed by atoms with Crippen molar-refractivity contribution in [3.8, 4) is 0 Å². The molecule has 0 spiro atoms. The highest BCUT2D eigenvalue weighted by molar-refractivity contribution is 5.89. The van der Waals surface area contributed by atoms with Crippen LogP contribution >= 0.6 is 0 Å². The predicted molar refractivity (Wildman–Crippen MR) is 68.3 cm³/mol. The van der Waals surface area contributed by atoms with E-state index in [1.807, 2.05) is 18.2 Å². The Bertz CT molecular complexity index is 413. The number of rotatable bonds is 3. The van der Waals surface area contributed by atoms with E-state index < -0.39 is 0 Å². The number of carbonyl (C=O) groups is 1. The van der Waals surface area contributed by atoms with E-state index in [2.05, 4.69) is 0 Å². The summed E-state index contributed by atoms with van der Waals surface area (Å²) in [6, 6.07) is 7.34. The number of hydrogen-bond acceptors (Lipinski definition) is 4. The fraction of sp³-hybridized carbons (Fsp3) is 0.500. The third-order valence-electron chi connectivity index (χ3n) is 3.47. The van der Waals surface area contributed by atoms with E-state index in [-0.39, 0.29) is 12.0 Å². The fourth-order valence-corrected chi connectivity index (χ4v) is 2.34. The molecule has 0 radical (unpaired) electrons. The third kappa shape index (κ3) is 2.89. The Morgan fingerprint density at radius 3 is 2.83 bits per heavy atom. The van der Waals surface area contributed by atoms with Crippen molar-refractivity contribution >= 4 is 5.97 Å². The van der Waals surface area contributed by atoms with Crippen molar-refractivity contribution in [2.75, 3.05) is 20.3 Å². The lowest BCUT2D eigenvalue weighted by Gasteiger charge is -2.28. The van der Waals surface area contributed by atoms with Gasteiger partial charge in [0.1, 0.15) is 0 Å². The van der Waals surface area contributed by atoms with E-state index in [4.69, 9.17) is 15.2 Å². The van der Waals surface area contributed by atoms with Crippen LogP contribution in [0.2, 0.25) is 0 Å². The van der Waals surface area contributed by atoms with Gasteiger partial charge in [0.15, 0.2) is 0 Å². The minimum absolute atomic E-state index is 0.0430. The lowest BCUT2D eigenvalue weighted by Crippen LogP contribution is -2.27. The maximum Gasteiger partial charge on any atom is 0.337 e. The summed E-state index contributed by atoms with van der Waals surface area (Å²) in [6.07, 6.45) is 1.95. The predicted octanol–water partition coefficient (Wildman–Crippen LogP) is 1.90. The van der Waals surface area contributed by atoms with Crippen molar-refractivity contribution in [1.82, 2.24) is 0 Å². The molecular formula is C14H19NO3. The minimum Gasteiger partial charge on any atom is -0.465 e. The van der Waals surface area contributed by atoms with Crippen LogP contribution in [0.3, 0.4) is 0 Å². The summed E-state index contributed by atoms with van der Waals surface area (Å²) < 4.78 is 10.1. The fourth-order valence-electron chi connectivity index (χ4n) is 2.34. The molecule has 0 bridgehead atoms. The van der Waals surface area contributed by atoms with Gasteiger partial charge in [-0.05, 0) is 36.5 Å². The molecule has 1 fully saturated rings. The van der Waals surface area contributed by atoms with Gasteiger partial charge in [-0.15, -0.1) is 0 Å². The molecule has 1 atom stereocenters. The van der Waals surface area contributed by atoms with E-state index in [1.165, 1.54) is 7.11 Å². The second kappa shape index (κ2) is 5.98. The summed E-state index contributed by atoms with van der Waals surface area (Å²) in [5, 5.41) is 0. The first-order valence-electron chi connectivity index (χ1n) is 6.24. The second-order valence-electron chi connectivity index (χ2n) is 4.59. The highest BCUT2D eigenvalue weighted by Gasteiger charge is 2.22. The van der Waals surface area contributed by atoms with Gasteiger partial charge in [0.25, 0.3) is 0 Å². The Hall–Kier alpha value is -1.39. The molecular weight excluding hydrogens is 230 g/mol. The van der Waals surface area contributed by atoms with Crippen LogP contribution in [-0.4, -0.2) is 26.3 Å². The second-order valence-corrected chi connectivity index (χ2v) is 4.59. The summed E-state index contributed by atoms with van der Waals surface area (Å²) in [6.45, 7) is 1.55. The minimum atomic E-state index is -0.323. The first kappa shape index (κ1) is 13.1. The van der Waals surface area contributed by atoms with Gasteiger partial charge < -0.3 is 15.2 Å². The van der Waals surface area contributed by atoms with Gasteiger partial charge in [-0.25, -0.2) is 4.79 Å². The molecule has 98 valence electrons. The summed E-state index contributed by atoms with van der Waals surface area (Å²) >= 11 is 0. The van der Waals surface area contributed by atoms with Crippen LogP contribution in [0.1, 0.15) is 34.8 Å². The smallest absolute Gasteiger partial charge is 0.337 e. The number of ether oxygens (including phenoxy) is 2. The van der Waals surface area contributed by atoms with Crippen molar-refractivity contribution in [3.63, 3.8) is 0 Å². The molecule has 1 saturated heterocycles. The van der Waals surface area contributed by atoms with Crippen LogP contribution in [0, 0.1) is 5.92 Å². The van der Waals surface area contributed by atoms with Crippen molar-refractivity contribution < 1.29 is 14.3 Å².